The average Bonchev–Trinajstić information content (AvgIpc) is 3.81. The van der Waals surface area contributed by atoms with Gasteiger partial charge < -0.3 is 49.0 Å². The first-order valence-corrected chi connectivity index (χ1v) is 16.4. The van der Waals surface area contributed by atoms with Crippen LogP contribution in [0.15, 0.2) is 6.20 Å². The molecule has 5 rings (SSSR count). The largest absolute Gasteiger partial charge is 0.387 e. The predicted molar refractivity (Wildman–Crippen MR) is 154 cm³/mol. The molecule has 0 radical (unpaired) electrons. The van der Waals surface area contributed by atoms with Gasteiger partial charge in [-0.2, -0.15) is 20.3 Å². The molecule has 250 valence electrons. The summed E-state index contributed by atoms with van der Waals surface area (Å²) in [6.45, 7) is -1.01. The van der Waals surface area contributed by atoms with Crippen LogP contribution in [-0.4, -0.2) is 130 Å². The average molecular weight is 678 g/mol. The van der Waals surface area contributed by atoms with Gasteiger partial charge in [0.05, 0.1) is 44.6 Å². The molecule has 2 aliphatic rings. The van der Waals surface area contributed by atoms with Crippen LogP contribution in [0.5, 0.6) is 0 Å². The van der Waals surface area contributed by atoms with E-state index in [4.69, 9.17) is 35.3 Å². The molecule has 1 saturated carbocycles. The first-order chi connectivity index (χ1) is 21.6. The minimum absolute atomic E-state index is 0.0439. The molecule has 19 nitrogen and oxygen atoms in total. The molecule has 0 unspecified atom stereocenters. The summed E-state index contributed by atoms with van der Waals surface area (Å²) in [5.41, 5.74) is 0.265. The predicted octanol–water partition coefficient (Wildman–Crippen LogP) is 0.127. The number of rotatable bonds is 17. The lowest BCUT2D eigenvalue weighted by molar-refractivity contribution is -0.125. The van der Waals surface area contributed by atoms with Crippen LogP contribution < -0.4 is 5.32 Å². The molecule has 0 aromatic carbocycles. The van der Waals surface area contributed by atoms with Crippen LogP contribution in [0.4, 0.5) is 5.82 Å². The number of aliphatic hydroxyl groups excluding tert-OH is 2. The van der Waals surface area contributed by atoms with Crippen LogP contribution in [-0.2, 0) is 34.9 Å². The minimum Gasteiger partial charge on any atom is -0.387 e. The standard InChI is InChI=1S/C24H37ClN9O10P/c1-40-8-9-41-7-6-24(45(37,38)39,13-42-12-17-30-32-33-31-17)43-11-16-18(35)19(36)22(44-16)34-21-15(10-26-34)20(28-23(25)29-21)27-14-4-2-3-5-14/h10,14,16,18-19,22,35-36H,2-9,11-13H2,1H3,(H,27,28,29)(H2,37,38,39)(H,30,31,32,33)/t16-,18-,19-,22-,24-/m1/s1. The van der Waals surface area contributed by atoms with E-state index in [1.54, 1.807) is 0 Å². The zero-order chi connectivity index (χ0) is 32.0. The fraction of sp³-hybridized carbons (Fsp3) is 0.750. The number of nitrogens with zero attached hydrogens (tertiary/aromatic N) is 7. The van der Waals surface area contributed by atoms with E-state index in [1.165, 1.54) is 18.0 Å². The highest BCUT2D eigenvalue weighted by Crippen LogP contribution is 2.54. The fourth-order valence-electron chi connectivity index (χ4n) is 5.29. The molecule has 5 atom stereocenters. The second-order valence-electron chi connectivity index (χ2n) is 10.8. The van der Waals surface area contributed by atoms with Gasteiger partial charge in [0, 0.05) is 19.6 Å². The molecule has 4 heterocycles. The zero-order valence-corrected chi connectivity index (χ0v) is 26.1. The fourth-order valence-corrected chi connectivity index (χ4v) is 6.34. The molecule has 6 N–H and O–H groups in total. The molecule has 0 spiro atoms. The third-order valence-electron chi connectivity index (χ3n) is 7.76. The summed E-state index contributed by atoms with van der Waals surface area (Å²) in [6, 6.07) is 0.232. The molecule has 21 heteroatoms. The lowest BCUT2D eigenvalue weighted by atomic mass is 10.1. The maximum Gasteiger partial charge on any atom is 0.359 e. The quantitative estimate of drug-likeness (QED) is 0.0630. The van der Waals surface area contributed by atoms with Gasteiger partial charge in [-0.05, 0) is 24.4 Å². The van der Waals surface area contributed by atoms with Crippen molar-refractivity contribution in [1.29, 1.82) is 0 Å². The molecule has 3 aromatic heterocycles. The summed E-state index contributed by atoms with van der Waals surface area (Å²) in [5, 5.41) is 41.1. The van der Waals surface area contributed by atoms with Crippen molar-refractivity contribution in [3.8, 4) is 0 Å². The maximum atomic E-state index is 12.9. The Kier molecular flexibility index (Phi) is 11.3. The van der Waals surface area contributed by atoms with E-state index in [9.17, 15) is 24.6 Å². The Morgan fingerprint density at radius 2 is 1.98 bits per heavy atom. The molecular weight excluding hydrogens is 641 g/mol. The third kappa shape index (κ3) is 7.94. The summed E-state index contributed by atoms with van der Waals surface area (Å²) >= 11 is 6.23. The number of aliphatic hydroxyl groups is 2. The molecule has 0 bridgehead atoms. The molecular formula is C24H37ClN9O10P. The number of ether oxygens (including phenoxy) is 5. The van der Waals surface area contributed by atoms with Crippen molar-refractivity contribution in [2.45, 2.75) is 74.6 Å². The highest BCUT2D eigenvalue weighted by atomic mass is 35.5. The van der Waals surface area contributed by atoms with Gasteiger partial charge in [0.1, 0.15) is 30.7 Å². The van der Waals surface area contributed by atoms with Gasteiger partial charge in [0.2, 0.25) is 5.28 Å². The monoisotopic (exact) mass is 677 g/mol. The van der Waals surface area contributed by atoms with Crippen LogP contribution >= 0.6 is 19.2 Å². The summed E-state index contributed by atoms with van der Waals surface area (Å²) < 4.78 is 41.9. The van der Waals surface area contributed by atoms with Crippen LogP contribution in [0.3, 0.4) is 0 Å². The van der Waals surface area contributed by atoms with E-state index in [0.717, 1.165) is 25.7 Å². The van der Waals surface area contributed by atoms with Gasteiger partial charge in [-0.3, -0.25) is 4.57 Å². The second kappa shape index (κ2) is 15.0. The molecule has 2 fully saturated rings. The zero-order valence-electron chi connectivity index (χ0n) is 24.4. The maximum absolute atomic E-state index is 12.9. The smallest absolute Gasteiger partial charge is 0.359 e. The van der Waals surface area contributed by atoms with Crippen molar-refractivity contribution in [2.75, 3.05) is 45.5 Å². The normalized spacial score (nSPS) is 24.0. The van der Waals surface area contributed by atoms with Gasteiger partial charge in [-0.1, -0.05) is 18.1 Å². The van der Waals surface area contributed by atoms with Crippen LogP contribution in [0.1, 0.15) is 44.2 Å². The molecule has 1 aliphatic heterocycles. The Hall–Kier alpha value is -2.42. The first-order valence-electron chi connectivity index (χ1n) is 14.4. The topological polar surface area (TPSA) is 254 Å². The van der Waals surface area contributed by atoms with Gasteiger partial charge in [0.15, 0.2) is 23.0 Å². The Morgan fingerprint density at radius 3 is 2.69 bits per heavy atom. The lowest BCUT2D eigenvalue weighted by Gasteiger charge is -2.35. The highest BCUT2D eigenvalue weighted by Gasteiger charge is 2.51. The summed E-state index contributed by atoms with van der Waals surface area (Å²) in [7, 11) is -3.57. The summed E-state index contributed by atoms with van der Waals surface area (Å²) in [6.07, 6.45) is -0.0533. The van der Waals surface area contributed by atoms with Crippen molar-refractivity contribution < 1.29 is 48.2 Å². The van der Waals surface area contributed by atoms with E-state index in [-0.39, 0.29) is 55.6 Å². The Balaban J connectivity index is 1.32. The number of halogens is 1. The minimum atomic E-state index is -5.06. The number of methoxy groups -OCH3 is 1. The van der Waals surface area contributed by atoms with Crippen molar-refractivity contribution >= 4 is 36.0 Å². The van der Waals surface area contributed by atoms with E-state index in [2.05, 4.69) is 41.0 Å². The molecule has 3 aromatic rings. The van der Waals surface area contributed by atoms with Gasteiger partial charge in [0.25, 0.3) is 0 Å². The molecule has 1 saturated heterocycles. The van der Waals surface area contributed by atoms with Crippen LogP contribution in [0.25, 0.3) is 11.0 Å². The van der Waals surface area contributed by atoms with Gasteiger partial charge in [-0.15, -0.1) is 10.2 Å². The van der Waals surface area contributed by atoms with Crippen molar-refractivity contribution in [1.82, 2.24) is 40.4 Å². The van der Waals surface area contributed by atoms with E-state index >= 15 is 0 Å². The number of tetrazole rings is 1. The molecule has 0 amide bonds. The number of anilines is 1. The third-order valence-corrected chi connectivity index (χ3v) is 9.48. The van der Waals surface area contributed by atoms with E-state index < -0.39 is 50.7 Å². The Morgan fingerprint density at radius 1 is 1.18 bits per heavy atom. The van der Waals surface area contributed by atoms with E-state index in [1.807, 2.05) is 0 Å². The highest BCUT2D eigenvalue weighted by molar-refractivity contribution is 7.53. The number of nitrogens with one attached hydrogen (secondary N) is 2. The second-order valence-corrected chi connectivity index (χ2v) is 13.1. The van der Waals surface area contributed by atoms with E-state index in [0.29, 0.717) is 11.2 Å². The SMILES string of the molecule is COCCOCC[C@@](COCc1nn[nH]n1)(OC[C@H]1O[C@@H](n2ncc3c(NC4CCCC4)nc(Cl)nc32)[C@H](O)[C@@H]1O)P(=O)(O)O. The van der Waals surface area contributed by atoms with Crippen molar-refractivity contribution in [3.05, 3.63) is 17.3 Å². The molecule has 45 heavy (non-hydrogen) atoms. The first kappa shape index (κ1) is 33.9. The Labute approximate surface area is 262 Å². The van der Waals surface area contributed by atoms with Gasteiger partial charge in [-0.25, -0.2) is 4.68 Å². The number of aromatic nitrogens is 8. The van der Waals surface area contributed by atoms with Crippen LogP contribution in [0.2, 0.25) is 5.28 Å². The number of fused-ring (bicyclic) bond motifs is 1. The lowest BCUT2D eigenvalue weighted by Crippen LogP contribution is -2.43. The van der Waals surface area contributed by atoms with Crippen LogP contribution in [0, 0.1) is 0 Å². The van der Waals surface area contributed by atoms with Crippen molar-refractivity contribution in [3.63, 3.8) is 0 Å². The number of H-pyrrole nitrogens is 1. The number of hydrogen-bond donors (Lipinski definition) is 6. The number of hydrogen-bond acceptors (Lipinski definition) is 15. The summed E-state index contributed by atoms with van der Waals surface area (Å²) in [5.74, 6) is 0.652. The van der Waals surface area contributed by atoms with Crippen molar-refractivity contribution in [2.24, 2.45) is 0 Å². The van der Waals surface area contributed by atoms with Gasteiger partial charge >= 0.3 is 7.60 Å². The summed E-state index contributed by atoms with van der Waals surface area (Å²) in [4.78, 5) is 29.5. The number of aromatic amines is 1. The molecule has 1 aliphatic carbocycles. The Bertz CT molecular complexity index is 1430.